The number of rotatable bonds is 6. The van der Waals surface area contributed by atoms with Crippen LogP contribution in [0, 0.1) is 0 Å². The summed E-state index contributed by atoms with van der Waals surface area (Å²) in [5, 5.41) is 0. The predicted octanol–water partition coefficient (Wildman–Crippen LogP) is 5.41. The lowest BCUT2D eigenvalue weighted by atomic mass is 10.1. The average molecular weight is 304 g/mol. The Labute approximate surface area is 137 Å². The van der Waals surface area contributed by atoms with Crippen LogP contribution < -0.4 is 9.47 Å². The molecule has 23 heavy (non-hydrogen) atoms. The lowest BCUT2D eigenvalue weighted by Gasteiger charge is -2.15. The van der Waals surface area contributed by atoms with Crippen molar-refractivity contribution in [3.63, 3.8) is 0 Å². The van der Waals surface area contributed by atoms with E-state index in [1.54, 1.807) is 0 Å². The van der Waals surface area contributed by atoms with Gasteiger partial charge in [0.25, 0.3) is 0 Å². The Morgan fingerprint density at radius 2 is 1.26 bits per heavy atom. The van der Waals surface area contributed by atoms with Crippen LogP contribution in [0.15, 0.2) is 84.9 Å². The zero-order valence-electron chi connectivity index (χ0n) is 13.2. The standard InChI is InChI=1S/C21H20O2/c1-17(19-10-6-3-7-11-19)23-21-14-12-20(13-15-21)22-16-18-8-4-2-5-9-18/h2-15,17H,16H2,1H3. The van der Waals surface area contributed by atoms with E-state index in [9.17, 15) is 0 Å². The first-order valence-corrected chi connectivity index (χ1v) is 7.79. The largest absolute Gasteiger partial charge is 0.489 e. The van der Waals surface area contributed by atoms with Gasteiger partial charge in [-0.05, 0) is 42.3 Å². The lowest BCUT2D eigenvalue weighted by molar-refractivity contribution is 0.226. The molecule has 3 aromatic rings. The molecule has 0 aliphatic carbocycles. The van der Waals surface area contributed by atoms with Gasteiger partial charge < -0.3 is 9.47 Å². The van der Waals surface area contributed by atoms with Gasteiger partial charge >= 0.3 is 0 Å². The zero-order chi connectivity index (χ0) is 15.9. The normalized spacial score (nSPS) is 11.7. The minimum atomic E-state index is 0.0206. The Balaban J connectivity index is 1.57. The van der Waals surface area contributed by atoms with E-state index in [0.29, 0.717) is 6.61 Å². The molecule has 0 radical (unpaired) electrons. The first-order valence-electron chi connectivity index (χ1n) is 7.79. The number of ether oxygens (including phenoxy) is 2. The van der Waals surface area contributed by atoms with Gasteiger partial charge in [-0.25, -0.2) is 0 Å². The van der Waals surface area contributed by atoms with Crippen LogP contribution in [0.25, 0.3) is 0 Å². The molecule has 0 fully saturated rings. The smallest absolute Gasteiger partial charge is 0.121 e. The van der Waals surface area contributed by atoms with Gasteiger partial charge in [-0.1, -0.05) is 60.7 Å². The molecule has 1 atom stereocenters. The van der Waals surface area contributed by atoms with Gasteiger partial charge in [-0.2, -0.15) is 0 Å². The molecule has 0 spiro atoms. The van der Waals surface area contributed by atoms with Crippen molar-refractivity contribution in [3.8, 4) is 11.5 Å². The first-order chi connectivity index (χ1) is 11.3. The van der Waals surface area contributed by atoms with Crippen molar-refractivity contribution in [2.75, 3.05) is 0 Å². The second kappa shape index (κ2) is 7.50. The maximum Gasteiger partial charge on any atom is 0.121 e. The molecule has 1 unspecified atom stereocenters. The molecule has 0 bridgehead atoms. The van der Waals surface area contributed by atoms with Crippen LogP contribution in [-0.2, 0) is 6.61 Å². The molecule has 0 saturated heterocycles. The summed E-state index contributed by atoms with van der Waals surface area (Å²) < 4.78 is 11.7. The van der Waals surface area contributed by atoms with E-state index >= 15 is 0 Å². The highest BCUT2D eigenvalue weighted by Crippen LogP contribution is 2.24. The molecule has 0 aliphatic rings. The predicted molar refractivity (Wildman–Crippen MR) is 92.7 cm³/mol. The minimum absolute atomic E-state index is 0.0206. The summed E-state index contributed by atoms with van der Waals surface area (Å²) in [7, 11) is 0. The maximum absolute atomic E-state index is 5.96. The second-order valence-corrected chi connectivity index (χ2v) is 5.42. The molecule has 0 heterocycles. The van der Waals surface area contributed by atoms with Gasteiger partial charge in [0.05, 0.1) is 0 Å². The van der Waals surface area contributed by atoms with Gasteiger partial charge in [0, 0.05) is 0 Å². The summed E-state index contributed by atoms with van der Waals surface area (Å²) in [5.74, 6) is 1.68. The first kappa shape index (κ1) is 15.2. The topological polar surface area (TPSA) is 18.5 Å². The van der Waals surface area contributed by atoms with Crippen LogP contribution >= 0.6 is 0 Å². The molecule has 2 nitrogen and oxygen atoms in total. The van der Waals surface area contributed by atoms with Crippen LogP contribution in [0.4, 0.5) is 0 Å². The maximum atomic E-state index is 5.96. The van der Waals surface area contributed by atoms with E-state index in [4.69, 9.17) is 9.47 Å². The quantitative estimate of drug-likeness (QED) is 0.606. The van der Waals surface area contributed by atoms with Gasteiger partial charge in [0.15, 0.2) is 0 Å². The molecule has 116 valence electrons. The summed E-state index contributed by atoms with van der Waals surface area (Å²) >= 11 is 0. The summed E-state index contributed by atoms with van der Waals surface area (Å²) in [4.78, 5) is 0. The van der Waals surface area contributed by atoms with Crippen LogP contribution in [0.2, 0.25) is 0 Å². The van der Waals surface area contributed by atoms with Gasteiger partial charge in [0.1, 0.15) is 24.2 Å². The summed E-state index contributed by atoms with van der Waals surface area (Å²) in [6, 6.07) is 28.1. The van der Waals surface area contributed by atoms with Crippen molar-refractivity contribution < 1.29 is 9.47 Å². The molecule has 0 saturated carbocycles. The zero-order valence-corrected chi connectivity index (χ0v) is 13.2. The highest BCUT2D eigenvalue weighted by molar-refractivity contribution is 5.32. The molecule has 0 amide bonds. The van der Waals surface area contributed by atoms with Gasteiger partial charge in [-0.3, -0.25) is 0 Å². The number of benzene rings is 3. The van der Waals surface area contributed by atoms with Crippen molar-refractivity contribution >= 4 is 0 Å². The molecule has 3 rings (SSSR count). The van der Waals surface area contributed by atoms with E-state index in [-0.39, 0.29) is 6.10 Å². The van der Waals surface area contributed by atoms with Crippen LogP contribution in [0.3, 0.4) is 0 Å². The minimum Gasteiger partial charge on any atom is -0.489 e. The molecule has 0 aliphatic heterocycles. The Bertz CT molecular complexity index is 706. The summed E-state index contributed by atoms with van der Waals surface area (Å²) in [6.45, 7) is 2.62. The second-order valence-electron chi connectivity index (χ2n) is 5.42. The van der Waals surface area contributed by atoms with E-state index in [0.717, 1.165) is 22.6 Å². The summed E-state index contributed by atoms with van der Waals surface area (Å²) in [5.41, 5.74) is 2.32. The van der Waals surface area contributed by atoms with Crippen LogP contribution in [0.1, 0.15) is 24.2 Å². The highest BCUT2D eigenvalue weighted by atomic mass is 16.5. The number of hydrogen-bond acceptors (Lipinski definition) is 2. The fraction of sp³-hybridized carbons (Fsp3) is 0.143. The Kier molecular flexibility index (Phi) is 4.95. The van der Waals surface area contributed by atoms with E-state index in [2.05, 4.69) is 31.2 Å². The Morgan fingerprint density at radius 3 is 1.91 bits per heavy atom. The average Bonchev–Trinajstić information content (AvgIpc) is 2.63. The third-order valence-corrected chi connectivity index (χ3v) is 3.65. The monoisotopic (exact) mass is 304 g/mol. The van der Waals surface area contributed by atoms with Crippen molar-refractivity contribution in [3.05, 3.63) is 96.1 Å². The fourth-order valence-electron chi connectivity index (χ4n) is 2.35. The number of hydrogen-bond donors (Lipinski definition) is 0. The molecular formula is C21H20O2. The lowest BCUT2D eigenvalue weighted by Crippen LogP contribution is -2.02. The molecular weight excluding hydrogens is 284 g/mol. The van der Waals surface area contributed by atoms with Crippen LogP contribution in [-0.4, -0.2) is 0 Å². The van der Waals surface area contributed by atoms with Crippen molar-refractivity contribution in [1.29, 1.82) is 0 Å². The highest BCUT2D eigenvalue weighted by Gasteiger charge is 2.06. The summed E-state index contributed by atoms with van der Waals surface area (Å²) in [6.07, 6.45) is 0.0206. The van der Waals surface area contributed by atoms with Crippen molar-refractivity contribution in [2.45, 2.75) is 19.6 Å². The van der Waals surface area contributed by atoms with Gasteiger partial charge in [-0.15, -0.1) is 0 Å². The van der Waals surface area contributed by atoms with E-state index < -0.39 is 0 Å². The molecule has 0 aromatic heterocycles. The third kappa shape index (κ3) is 4.36. The van der Waals surface area contributed by atoms with Gasteiger partial charge in [0.2, 0.25) is 0 Å². The van der Waals surface area contributed by atoms with Crippen molar-refractivity contribution in [1.82, 2.24) is 0 Å². The van der Waals surface area contributed by atoms with Crippen LogP contribution in [0.5, 0.6) is 11.5 Å². The molecule has 2 heteroatoms. The molecule has 3 aromatic carbocycles. The van der Waals surface area contributed by atoms with E-state index in [1.165, 1.54) is 0 Å². The fourth-order valence-corrected chi connectivity index (χ4v) is 2.35. The molecule has 0 N–H and O–H groups in total. The van der Waals surface area contributed by atoms with Crippen molar-refractivity contribution in [2.24, 2.45) is 0 Å². The third-order valence-electron chi connectivity index (χ3n) is 3.65. The Hall–Kier alpha value is -2.74. The Morgan fingerprint density at radius 1 is 0.696 bits per heavy atom. The van der Waals surface area contributed by atoms with E-state index in [1.807, 2.05) is 60.7 Å². The SMILES string of the molecule is CC(Oc1ccc(OCc2ccccc2)cc1)c1ccccc1.